The molecule has 0 aliphatic rings. The zero-order valence-corrected chi connectivity index (χ0v) is 21.3. The Kier molecular flexibility index (Phi) is 19.1. The van der Waals surface area contributed by atoms with E-state index < -0.39 is 7.82 Å². The minimum Gasteiger partial charge on any atom is -0.412 e. The molecule has 0 aromatic heterocycles. The normalized spacial score (nSPS) is 14.3. The van der Waals surface area contributed by atoms with Crippen LogP contribution in [0.15, 0.2) is 12.3 Å². The molecule has 0 radical (unpaired) electrons. The summed E-state index contributed by atoms with van der Waals surface area (Å²) in [6, 6.07) is 0. The molecule has 0 aromatic carbocycles. The van der Waals surface area contributed by atoms with Crippen molar-refractivity contribution in [1.29, 1.82) is 0 Å². The van der Waals surface area contributed by atoms with Gasteiger partial charge in [-0.05, 0) is 18.9 Å². The lowest BCUT2D eigenvalue weighted by atomic mass is 10.0. The van der Waals surface area contributed by atoms with Crippen LogP contribution in [-0.4, -0.2) is 43.7 Å². The van der Waals surface area contributed by atoms with Gasteiger partial charge in [0.25, 0.3) is 0 Å². The predicted molar refractivity (Wildman–Crippen MR) is 128 cm³/mol. The Balaban J connectivity index is 3.36. The van der Waals surface area contributed by atoms with Crippen LogP contribution in [-0.2, 0) is 13.6 Å². The lowest BCUT2D eigenvalue weighted by Gasteiger charge is -2.23. The number of hydrogen-bond acceptors (Lipinski definition) is 3. The Labute approximate surface area is 187 Å². The zero-order chi connectivity index (χ0) is 22.6. The second-order valence-electron chi connectivity index (χ2n) is 9.53. The Hall–Kier alpha value is -0.350. The molecule has 0 fully saturated rings. The summed E-state index contributed by atoms with van der Waals surface area (Å²) in [5.41, 5.74) is 0. The summed E-state index contributed by atoms with van der Waals surface area (Å²) in [7, 11) is 2.04. The maximum absolute atomic E-state index is 11.7. The summed E-state index contributed by atoms with van der Waals surface area (Å²) in [6.07, 6.45) is 24.3. The second kappa shape index (κ2) is 19.3. The standard InChI is InChI=1S/C24H50NO4P/c1-5-6-7-8-9-10-11-12-13-14-15-16-17-18-19-20-21-23-28-30(26,27)29-24-22-25(2,3)4/h21,23H,5-20,22,24H2,1-4H3/p+1. The van der Waals surface area contributed by atoms with Gasteiger partial charge in [0.1, 0.15) is 13.2 Å². The number of nitrogens with zero attached hydrogens (tertiary/aromatic N) is 1. The fourth-order valence-electron chi connectivity index (χ4n) is 3.28. The number of likely N-dealkylation sites (N-methyl/N-ethyl adjacent to an activating group) is 1. The molecule has 5 nitrogen and oxygen atoms in total. The van der Waals surface area contributed by atoms with Crippen LogP contribution >= 0.6 is 7.82 Å². The molecule has 1 unspecified atom stereocenters. The van der Waals surface area contributed by atoms with Crippen molar-refractivity contribution in [3.05, 3.63) is 12.3 Å². The molecule has 0 rings (SSSR count). The number of rotatable bonds is 22. The van der Waals surface area contributed by atoms with Crippen LogP contribution in [0.5, 0.6) is 0 Å². The van der Waals surface area contributed by atoms with E-state index in [1.54, 1.807) is 0 Å². The van der Waals surface area contributed by atoms with Crippen LogP contribution in [0.2, 0.25) is 0 Å². The van der Waals surface area contributed by atoms with E-state index in [4.69, 9.17) is 9.05 Å². The zero-order valence-electron chi connectivity index (χ0n) is 20.4. The molecule has 0 spiro atoms. The van der Waals surface area contributed by atoms with E-state index in [0.717, 1.165) is 12.8 Å². The summed E-state index contributed by atoms with van der Waals surface area (Å²) in [5.74, 6) is 0. The third-order valence-electron chi connectivity index (χ3n) is 5.28. The lowest BCUT2D eigenvalue weighted by Crippen LogP contribution is -2.37. The average Bonchev–Trinajstić information content (AvgIpc) is 2.65. The lowest BCUT2D eigenvalue weighted by molar-refractivity contribution is -0.870. The maximum atomic E-state index is 11.7. The van der Waals surface area contributed by atoms with E-state index in [0.29, 0.717) is 11.0 Å². The molecule has 0 amide bonds. The van der Waals surface area contributed by atoms with Crippen LogP contribution in [0.1, 0.15) is 110 Å². The highest BCUT2D eigenvalue weighted by Gasteiger charge is 2.21. The van der Waals surface area contributed by atoms with Gasteiger partial charge in [0.15, 0.2) is 0 Å². The Bertz CT molecular complexity index is 449. The van der Waals surface area contributed by atoms with Gasteiger partial charge in [0.2, 0.25) is 0 Å². The molecule has 0 heterocycles. The fraction of sp³-hybridized carbons (Fsp3) is 0.917. The van der Waals surface area contributed by atoms with Crippen molar-refractivity contribution >= 4 is 7.82 Å². The average molecular weight is 449 g/mol. The number of quaternary nitrogens is 1. The highest BCUT2D eigenvalue weighted by Crippen LogP contribution is 2.43. The largest absolute Gasteiger partial charge is 0.527 e. The first-order valence-electron chi connectivity index (χ1n) is 12.4. The van der Waals surface area contributed by atoms with Gasteiger partial charge >= 0.3 is 7.82 Å². The van der Waals surface area contributed by atoms with Gasteiger partial charge in [-0.1, -0.05) is 96.8 Å². The minimum atomic E-state index is -3.97. The number of hydrogen-bond donors (Lipinski definition) is 1. The van der Waals surface area contributed by atoms with E-state index in [1.165, 1.54) is 96.2 Å². The van der Waals surface area contributed by atoms with Crippen molar-refractivity contribution in [3.8, 4) is 0 Å². The van der Waals surface area contributed by atoms with Gasteiger partial charge < -0.3 is 9.01 Å². The van der Waals surface area contributed by atoms with Crippen molar-refractivity contribution in [3.63, 3.8) is 0 Å². The molecule has 1 atom stereocenters. The van der Waals surface area contributed by atoms with E-state index >= 15 is 0 Å². The van der Waals surface area contributed by atoms with Crippen molar-refractivity contribution in [2.75, 3.05) is 34.3 Å². The molecule has 0 aliphatic heterocycles. The Morgan fingerprint density at radius 1 is 0.767 bits per heavy atom. The van der Waals surface area contributed by atoms with Crippen molar-refractivity contribution in [1.82, 2.24) is 0 Å². The monoisotopic (exact) mass is 448 g/mol. The molecular formula is C24H51NO4P+. The van der Waals surface area contributed by atoms with Crippen LogP contribution in [0.4, 0.5) is 0 Å². The van der Waals surface area contributed by atoms with Crippen molar-refractivity contribution in [2.24, 2.45) is 0 Å². The van der Waals surface area contributed by atoms with E-state index in [1.807, 2.05) is 27.2 Å². The van der Waals surface area contributed by atoms with Gasteiger partial charge in [-0.2, -0.15) is 0 Å². The molecule has 0 bridgehead atoms. The molecular weight excluding hydrogens is 397 g/mol. The third kappa shape index (κ3) is 23.9. The summed E-state index contributed by atoms with van der Waals surface area (Å²) in [4.78, 5) is 9.60. The predicted octanol–water partition coefficient (Wildman–Crippen LogP) is 7.60. The van der Waals surface area contributed by atoms with Gasteiger partial charge in [-0.3, -0.25) is 9.42 Å². The smallest absolute Gasteiger partial charge is 0.412 e. The quantitative estimate of drug-likeness (QED) is 0.0801. The number of phosphoric acid groups is 1. The Morgan fingerprint density at radius 3 is 1.63 bits per heavy atom. The van der Waals surface area contributed by atoms with Crippen LogP contribution < -0.4 is 0 Å². The molecule has 0 aliphatic carbocycles. The highest BCUT2D eigenvalue weighted by atomic mass is 31.2. The molecule has 1 N–H and O–H groups in total. The first-order valence-corrected chi connectivity index (χ1v) is 13.9. The van der Waals surface area contributed by atoms with E-state index in [9.17, 15) is 9.46 Å². The minimum absolute atomic E-state index is 0.199. The topological polar surface area (TPSA) is 55.8 Å². The Morgan fingerprint density at radius 2 is 1.20 bits per heavy atom. The van der Waals surface area contributed by atoms with Crippen LogP contribution in [0.25, 0.3) is 0 Å². The summed E-state index contributed by atoms with van der Waals surface area (Å²) < 4.78 is 22.2. The summed E-state index contributed by atoms with van der Waals surface area (Å²) >= 11 is 0. The summed E-state index contributed by atoms with van der Waals surface area (Å²) in [5, 5.41) is 0. The van der Waals surface area contributed by atoms with Crippen LogP contribution in [0.3, 0.4) is 0 Å². The van der Waals surface area contributed by atoms with E-state index in [2.05, 4.69) is 6.92 Å². The highest BCUT2D eigenvalue weighted by molar-refractivity contribution is 7.47. The maximum Gasteiger partial charge on any atom is 0.527 e. The van der Waals surface area contributed by atoms with Gasteiger partial charge in [0, 0.05) is 0 Å². The molecule has 0 saturated heterocycles. The van der Waals surface area contributed by atoms with Crippen LogP contribution in [0, 0.1) is 0 Å². The molecule has 6 heteroatoms. The van der Waals surface area contributed by atoms with Gasteiger partial charge in [0.05, 0.1) is 27.4 Å². The van der Waals surface area contributed by atoms with Gasteiger partial charge in [-0.25, -0.2) is 4.57 Å². The number of allylic oxidation sites excluding steroid dienone is 1. The van der Waals surface area contributed by atoms with E-state index in [-0.39, 0.29) is 6.61 Å². The number of phosphoric ester groups is 1. The molecule has 180 valence electrons. The SMILES string of the molecule is CCCCCCCCCCCCCCCCCC=COP(=O)(O)OCC[N+](C)(C)C. The van der Waals surface area contributed by atoms with Crippen molar-refractivity contribution in [2.45, 2.75) is 110 Å². The third-order valence-corrected chi connectivity index (χ3v) is 6.18. The number of unbranched alkanes of at least 4 members (excludes halogenated alkanes) is 15. The molecule has 30 heavy (non-hydrogen) atoms. The second-order valence-corrected chi connectivity index (χ2v) is 10.9. The first kappa shape index (κ1) is 29.7. The van der Waals surface area contributed by atoms with Gasteiger partial charge in [-0.15, -0.1) is 0 Å². The molecule has 0 saturated carbocycles. The molecule has 0 aromatic rings. The fourth-order valence-corrected chi connectivity index (χ4v) is 3.90. The first-order chi connectivity index (χ1) is 14.3. The van der Waals surface area contributed by atoms with Crippen molar-refractivity contribution < 1.29 is 23.0 Å². The summed E-state index contributed by atoms with van der Waals surface area (Å²) in [6.45, 7) is 3.12.